The monoisotopic (exact) mass is 732 g/mol. The highest BCUT2D eigenvalue weighted by Crippen LogP contribution is 2.36. The van der Waals surface area contributed by atoms with Crippen LogP contribution in [0.25, 0.3) is 0 Å². The molecule has 2 amide bonds. The van der Waals surface area contributed by atoms with Crippen LogP contribution in [0.3, 0.4) is 0 Å². The predicted octanol–water partition coefficient (Wildman–Crippen LogP) is 6.77. The van der Waals surface area contributed by atoms with E-state index in [1.807, 2.05) is 61.5 Å². The van der Waals surface area contributed by atoms with Crippen molar-refractivity contribution in [2.75, 3.05) is 18.0 Å². The minimum atomic E-state index is -4.67. The lowest BCUT2D eigenvalue weighted by atomic mass is 10.0. The Morgan fingerprint density at radius 1 is 0.961 bits per heavy atom. The molecular formula is C38H41ClN4O7S. The van der Waals surface area contributed by atoms with E-state index in [0.717, 1.165) is 52.7 Å². The van der Waals surface area contributed by atoms with Gasteiger partial charge in [-0.3, -0.25) is 24.0 Å². The number of anilines is 1. The summed E-state index contributed by atoms with van der Waals surface area (Å²) >= 11 is 6.37. The van der Waals surface area contributed by atoms with E-state index in [2.05, 4.69) is 5.32 Å². The van der Waals surface area contributed by atoms with Gasteiger partial charge in [-0.15, -0.1) is 0 Å². The van der Waals surface area contributed by atoms with Gasteiger partial charge >= 0.3 is 0 Å². The van der Waals surface area contributed by atoms with Gasteiger partial charge in [0.1, 0.15) is 18.3 Å². The minimum Gasteiger partial charge on any atom is -0.495 e. The highest BCUT2D eigenvalue weighted by molar-refractivity contribution is 7.92. The maximum Gasteiger partial charge on any atom is 0.273 e. The number of rotatable bonds is 14. The second-order valence-electron chi connectivity index (χ2n) is 12.7. The Kier molecular flexibility index (Phi) is 12.0. The summed E-state index contributed by atoms with van der Waals surface area (Å²) in [4.78, 5) is 41.2. The Labute approximate surface area is 303 Å². The van der Waals surface area contributed by atoms with Gasteiger partial charge in [-0.05, 0) is 62.1 Å². The zero-order valence-electron chi connectivity index (χ0n) is 28.8. The molecule has 0 spiro atoms. The number of sulfonamides is 1. The number of nitrogens with one attached hydrogen (secondary N) is 1. The molecule has 13 heteroatoms. The fourth-order valence-corrected chi connectivity index (χ4v) is 7.98. The lowest BCUT2D eigenvalue weighted by Crippen LogP contribution is -2.54. The van der Waals surface area contributed by atoms with Crippen molar-refractivity contribution >= 4 is 44.8 Å². The van der Waals surface area contributed by atoms with Gasteiger partial charge in [-0.2, -0.15) is 0 Å². The average Bonchev–Trinajstić information content (AvgIpc) is 3.62. The number of hydrogen-bond donors (Lipinski definition) is 1. The fraction of sp³-hybridized carbons (Fsp3) is 0.316. The third-order valence-corrected chi connectivity index (χ3v) is 11.1. The molecule has 4 aromatic rings. The van der Waals surface area contributed by atoms with E-state index in [4.69, 9.17) is 16.3 Å². The number of nitro groups is 1. The zero-order valence-corrected chi connectivity index (χ0v) is 30.3. The lowest BCUT2D eigenvalue weighted by molar-refractivity contribution is -0.385. The molecule has 51 heavy (non-hydrogen) atoms. The van der Waals surface area contributed by atoms with Crippen molar-refractivity contribution in [2.24, 2.45) is 0 Å². The molecule has 5 rings (SSSR count). The Morgan fingerprint density at radius 2 is 1.67 bits per heavy atom. The Bertz CT molecular complexity index is 2000. The first-order valence-electron chi connectivity index (χ1n) is 16.7. The zero-order chi connectivity index (χ0) is 36.7. The van der Waals surface area contributed by atoms with Crippen LogP contribution in [0, 0.1) is 24.0 Å². The molecule has 268 valence electrons. The van der Waals surface area contributed by atoms with Crippen molar-refractivity contribution in [1.29, 1.82) is 0 Å². The number of methoxy groups -OCH3 is 1. The van der Waals surface area contributed by atoms with Gasteiger partial charge in [0.15, 0.2) is 0 Å². The predicted molar refractivity (Wildman–Crippen MR) is 196 cm³/mol. The summed E-state index contributed by atoms with van der Waals surface area (Å²) in [6.07, 6.45) is 3.82. The number of benzene rings is 4. The summed E-state index contributed by atoms with van der Waals surface area (Å²) in [5.74, 6) is -0.913. The molecule has 1 fully saturated rings. The van der Waals surface area contributed by atoms with Crippen LogP contribution in [0.1, 0.15) is 47.9 Å². The molecule has 1 N–H and O–H groups in total. The largest absolute Gasteiger partial charge is 0.495 e. The number of nitro benzene ring substituents is 1. The number of carbonyl (C=O) groups is 2. The van der Waals surface area contributed by atoms with Gasteiger partial charge in [0, 0.05) is 35.7 Å². The average molecular weight is 733 g/mol. The molecule has 1 atom stereocenters. The van der Waals surface area contributed by atoms with E-state index in [9.17, 15) is 28.1 Å². The second kappa shape index (κ2) is 16.4. The first kappa shape index (κ1) is 37.3. The fourth-order valence-electron chi connectivity index (χ4n) is 6.37. The van der Waals surface area contributed by atoms with Crippen LogP contribution in [0.4, 0.5) is 11.4 Å². The summed E-state index contributed by atoms with van der Waals surface area (Å²) in [5, 5.41) is 15.1. The van der Waals surface area contributed by atoms with E-state index >= 15 is 0 Å². The number of ether oxygens (including phenoxy) is 1. The molecule has 11 nitrogen and oxygen atoms in total. The van der Waals surface area contributed by atoms with E-state index in [1.165, 1.54) is 49.3 Å². The minimum absolute atomic E-state index is 0.00662. The normalized spacial score (nSPS) is 13.7. The molecule has 0 saturated heterocycles. The third-order valence-electron chi connectivity index (χ3n) is 9.06. The lowest BCUT2D eigenvalue weighted by Gasteiger charge is -2.34. The molecule has 1 saturated carbocycles. The van der Waals surface area contributed by atoms with Crippen molar-refractivity contribution in [3.8, 4) is 5.75 Å². The molecular weight excluding hydrogens is 692 g/mol. The molecule has 1 aliphatic rings. The van der Waals surface area contributed by atoms with Crippen LogP contribution in [-0.4, -0.2) is 55.8 Å². The molecule has 0 aromatic heterocycles. The van der Waals surface area contributed by atoms with E-state index in [0.29, 0.717) is 0 Å². The molecule has 0 aliphatic heterocycles. The third kappa shape index (κ3) is 9.05. The smallest absolute Gasteiger partial charge is 0.273 e. The topological polar surface area (TPSA) is 139 Å². The number of amides is 2. The number of nitrogens with zero attached hydrogens (tertiary/aromatic N) is 3. The molecule has 0 radical (unpaired) electrons. The van der Waals surface area contributed by atoms with E-state index in [-0.39, 0.29) is 46.9 Å². The number of hydrogen-bond acceptors (Lipinski definition) is 7. The van der Waals surface area contributed by atoms with Crippen LogP contribution in [-0.2, 0) is 32.6 Å². The SMILES string of the molecule is COc1ccc(Cl)cc1N(CC(=O)N(Cc1cccc(C)c1)C(Cc1ccccc1)C(=O)NC1CCCC1)S(=O)(=O)c1ccc(C)c([N+](=O)[O-])c1. The Hall–Kier alpha value is -4.94. The Morgan fingerprint density at radius 3 is 2.33 bits per heavy atom. The quantitative estimate of drug-likeness (QED) is 0.112. The maximum absolute atomic E-state index is 14.8. The van der Waals surface area contributed by atoms with E-state index < -0.39 is 44.0 Å². The van der Waals surface area contributed by atoms with Gasteiger partial charge in [-0.1, -0.05) is 90.7 Å². The molecule has 0 heterocycles. The van der Waals surface area contributed by atoms with Gasteiger partial charge in [-0.25, -0.2) is 8.42 Å². The van der Waals surface area contributed by atoms with Crippen molar-refractivity contribution in [3.63, 3.8) is 0 Å². The first-order valence-corrected chi connectivity index (χ1v) is 18.5. The summed E-state index contributed by atoms with van der Waals surface area (Å²) in [7, 11) is -3.32. The number of carbonyl (C=O) groups excluding carboxylic acids is 2. The highest BCUT2D eigenvalue weighted by Gasteiger charge is 2.37. The summed E-state index contributed by atoms with van der Waals surface area (Å²) in [6.45, 7) is 2.66. The molecule has 4 aromatic carbocycles. The Balaban J connectivity index is 1.64. The highest BCUT2D eigenvalue weighted by atomic mass is 35.5. The van der Waals surface area contributed by atoms with Crippen LogP contribution < -0.4 is 14.4 Å². The molecule has 1 aliphatic carbocycles. The first-order chi connectivity index (χ1) is 24.4. The van der Waals surface area contributed by atoms with Gasteiger partial charge in [0.25, 0.3) is 15.7 Å². The molecule has 0 bridgehead atoms. The number of aryl methyl sites for hydroxylation is 2. The van der Waals surface area contributed by atoms with E-state index in [1.54, 1.807) is 0 Å². The standard InChI is InChI=1S/C38H41ClN4O7S/c1-26-10-9-13-29(20-26)24-41(35(21-28-11-5-4-6-12-28)38(45)40-31-14-7-8-15-31)37(44)25-42(34-22-30(39)17-19-36(34)50-3)51(48,49)32-18-16-27(2)33(23-32)43(46)47/h4-6,9-13,16-20,22-23,31,35H,7-8,14-15,21,24-25H2,1-3H3,(H,40,45). The van der Waals surface area contributed by atoms with Crippen LogP contribution in [0.5, 0.6) is 5.75 Å². The summed E-state index contributed by atoms with van der Waals surface area (Å²) in [6, 6.07) is 23.7. The maximum atomic E-state index is 14.8. The van der Waals surface area contributed by atoms with Crippen LogP contribution >= 0.6 is 11.6 Å². The second-order valence-corrected chi connectivity index (χ2v) is 15.0. The van der Waals surface area contributed by atoms with Crippen LogP contribution in [0.2, 0.25) is 5.02 Å². The van der Waals surface area contributed by atoms with Gasteiger partial charge in [0.2, 0.25) is 11.8 Å². The van der Waals surface area contributed by atoms with Gasteiger partial charge in [0.05, 0.1) is 22.6 Å². The van der Waals surface area contributed by atoms with Crippen LogP contribution in [0.15, 0.2) is 95.9 Å². The van der Waals surface area contributed by atoms with Crippen molar-refractivity contribution in [1.82, 2.24) is 10.2 Å². The van der Waals surface area contributed by atoms with Gasteiger partial charge < -0.3 is 15.0 Å². The number of halogens is 1. The van der Waals surface area contributed by atoms with Crippen molar-refractivity contribution < 1.29 is 27.7 Å². The summed E-state index contributed by atoms with van der Waals surface area (Å²) in [5.41, 5.74) is 2.34. The van der Waals surface area contributed by atoms with Crippen molar-refractivity contribution in [2.45, 2.75) is 69.5 Å². The summed E-state index contributed by atoms with van der Waals surface area (Å²) < 4.78 is 35.4. The van der Waals surface area contributed by atoms with Crippen molar-refractivity contribution in [3.05, 3.63) is 128 Å². The molecule has 1 unspecified atom stereocenters.